The number of benzene rings is 2. The van der Waals surface area contributed by atoms with Crippen LogP contribution >= 0.6 is 11.8 Å². The molecule has 0 aliphatic rings. The van der Waals surface area contributed by atoms with Crippen molar-refractivity contribution in [1.29, 1.82) is 0 Å². The van der Waals surface area contributed by atoms with Crippen molar-refractivity contribution in [2.24, 2.45) is 0 Å². The van der Waals surface area contributed by atoms with Crippen molar-refractivity contribution in [2.75, 3.05) is 11.5 Å². The van der Waals surface area contributed by atoms with Crippen LogP contribution in [0.15, 0.2) is 58.3 Å². The van der Waals surface area contributed by atoms with Gasteiger partial charge in [-0.05, 0) is 24.3 Å². The van der Waals surface area contributed by atoms with Gasteiger partial charge >= 0.3 is 0 Å². The second-order valence-electron chi connectivity index (χ2n) is 4.03. The van der Waals surface area contributed by atoms with E-state index in [-0.39, 0.29) is 5.95 Å². The zero-order valence-electron chi connectivity index (χ0n) is 14.1. The van der Waals surface area contributed by atoms with E-state index in [1.54, 1.807) is 11.8 Å². The molecule has 2 aromatic carbocycles. The Hall–Kier alpha value is -2.27. The van der Waals surface area contributed by atoms with Crippen LogP contribution in [0.2, 0.25) is 0 Å². The standard InChI is InChI=1S/C14H12N4S.2C2H6/c15-13-12-10(17-14(16)18-13)7-4-8-11(12)19-9-5-2-1-3-6-9;2*1-2/h1-8H,(H4,15,16,17,18);2*1-2H3. The lowest BCUT2D eigenvalue weighted by atomic mass is 10.2. The number of nitrogens with zero attached hydrogens (tertiary/aromatic N) is 2. The van der Waals surface area contributed by atoms with Crippen molar-refractivity contribution in [3.8, 4) is 0 Å². The van der Waals surface area contributed by atoms with Gasteiger partial charge in [0.25, 0.3) is 0 Å². The molecular formula is C18H24N4S. The van der Waals surface area contributed by atoms with E-state index in [1.165, 1.54) is 0 Å². The number of rotatable bonds is 2. The molecule has 3 rings (SSSR count). The second kappa shape index (κ2) is 9.69. The second-order valence-corrected chi connectivity index (χ2v) is 5.15. The average molecular weight is 328 g/mol. The van der Waals surface area contributed by atoms with Gasteiger partial charge in [-0.2, -0.15) is 4.98 Å². The molecule has 0 spiro atoms. The number of nitrogen functional groups attached to an aromatic ring is 2. The third-order valence-electron chi connectivity index (χ3n) is 2.70. The lowest BCUT2D eigenvalue weighted by Gasteiger charge is -2.08. The van der Waals surface area contributed by atoms with Gasteiger partial charge in [-0.3, -0.25) is 0 Å². The van der Waals surface area contributed by atoms with Crippen LogP contribution in [-0.4, -0.2) is 9.97 Å². The number of fused-ring (bicyclic) bond motifs is 1. The Morgan fingerprint density at radius 1 is 0.783 bits per heavy atom. The van der Waals surface area contributed by atoms with Gasteiger partial charge in [0.15, 0.2) is 0 Å². The normalized spacial score (nSPS) is 9.39. The third-order valence-corrected chi connectivity index (χ3v) is 3.77. The first-order valence-electron chi connectivity index (χ1n) is 7.78. The average Bonchev–Trinajstić information content (AvgIpc) is 2.59. The quantitative estimate of drug-likeness (QED) is 0.692. The van der Waals surface area contributed by atoms with Crippen LogP contribution < -0.4 is 11.5 Å². The van der Waals surface area contributed by atoms with Crippen molar-refractivity contribution in [3.63, 3.8) is 0 Å². The molecule has 23 heavy (non-hydrogen) atoms. The summed E-state index contributed by atoms with van der Waals surface area (Å²) in [5.41, 5.74) is 12.4. The topological polar surface area (TPSA) is 77.8 Å². The molecule has 0 aliphatic carbocycles. The van der Waals surface area contributed by atoms with Crippen molar-refractivity contribution < 1.29 is 0 Å². The fraction of sp³-hybridized carbons (Fsp3) is 0.222. The van der Waals surface area contributed by atoms with Gasteiger partial charge in [0.05, 0.1) is 10.9 Å². The molecule has 0 bridgehead atoms. The minimum atomic E-state index is 0.201. The molecule has 1 aromatic heterocycles. The van der Waals surface area contributed by atoms with Crippen molar-refractivity contribution in [2.45, 2.75) is 37.5 Å². The first-order chi connectivity index (χ1) is 11.2. The van der Waals surface area contributed by atoms with Gasteiger partial charge in [-0.15, -0.1) is 0 Å². The number of aromatic nitrogens is 2. The lowest BCUT2D eigenvalue weighted by molar-refractivity contribution is 1.23. The molecule has 3 aromatic rings. The van der Waals surface area contributed by atoms with Crippen LogP contribution in [0.5, 0.6) is 0 Å². The molecular weight excluding hydrogens is 304 g/mol. The number of nitrogens with two attached hydrogens (primary N) is 2. The predicted octanol–water partition coefficient (Wildman–Crippen LogP) is 5.00. The maximum Gasteiger partial charge on any atom is 0.222 e. The molecule has 5 heteroatoms. The highest BCUT2D eigenvalue weighted by molar-refractivity contribution is 7.99. The Bertz CT molecular complexity index is 730. The summed E-state index contributed by atoms with van der Waals surface area (Å²) in [5, 5.41) is 0.852. The van der Waals surface area contributed by atoms with E-state index in [2.05, 4.69) is 22.1 Å². The van der Waals surface area contributed by atoms with E-state index in [9.17, 15) is 0 Å². The fourth-order valence-electron chi connectivity index (χ4n) is 1.90. The number of anilines is 2. The summed E-state index contributed by atoms with van der Waals surface area (Å²) in [5.74, 6) is 0.619. The van der Waals surface area contributed by atoms with Gasteiger partial charge in [0.2, 0.25) is 5.95 Å². The molecule has 0 amide bonds. The Morgan fingerprint density at radius 2 is 1.43 bits per heavy atom. The molecule has 0 aliphatic heterocycles. The molecule has 0 saturated heterocycles. The highest BCUT2D eigenvalue weighted by atomic mass is 32.2. The molecule has 122 valence electrons. The predicted molar refractivity (Wildman–Crippen MR) is 102 cm³/mol. The van der Waals surface area contributed by atoms with Crippen LogP contribution in [0.3, 0.4) is 0 Å². The summed E-state index contributed by atoms with van der Waals surface area (Å²) in [4.78, 5) is 10.4. The summed E-state index contributed by atoms with van der Waals surface area (Å²) in [6.45, 7) is 8.00. The van der Waals surface area contributed by atoms with Gasteiger partial charge in [0.1, 0.15) is 5.82 Å². The van der Waals surface area contributed by atoms with Gasteiger partial charge in [0, 0.05) is 9.79 Å². The fourth-order valence-corrected chi connectivity index (χ4v) is 2.90. The van der Waals surface area contributed by atoms with Crippen molar-refractivity contribution >= 4 is 34.4 Å². The summed E-state index contributed by atoms with van der Waals surface area (Å²) < 4.78 is 0. The van der Waals surface area contributed by atoms with Gasteiger partial charge < -0.3 is 11.5 Å². The van der Waals surface area contributed by atoms with Crippen LogP contribution in [0.25, 0.3) is 10.9 Å². The van der Waals surface area contributed by atoms with E-state index >= 15 is 0 Å². The maximum atomic E-state index is 5.97. The van der Waals surface area contributed by atoms with E-state index in [4.69, 9.17) is 11.5 Å². The zero-order chi connectivity index (χ0) is 17.2. The number of hydrogen-bond acceptors (Lipinski definition) is 5. The van der Waals surface area contributed by atoms with Gasteiger partial charge in [-0.25, -0.2) is 4.98 Å². The molecule has 0 radical (unpaired) electrons. The molecule has 0 fully saturated rings. The van der Waals surface area contributed by atoms with E-state index in [1.807, 2.05) is 64.1 Å². The summed E-state index contributed by atoms with van der Waals surface area (Å²) in [6, 6.07) is 16.0. The van der Waals surface area contributed by atoms with E-state index in [0.29, 0.717) is 5.82 Å². The molecule has 4 N–H and O–H groups in total. The summed E-state index contributed by atoms with van der Waals surface area (Å²) in [7, 11) is 0. The zero-order valence-corrected chi connectivity index (χ0v) is 14.9. The highest BCUT2D eigenvalue weighted by Crippen LogP contribution is 2.35. The van der Waals surface area contributed by atoms with Crippen LogP contribution in [0, 0.1) is 0 Å². The van der Waals surface area contributed by atoms with E-state index in [0.717, 1.165) is 20.7 Å². The Kier molecular flexibility index (Phi) is 7.91. The molecule has 0 atom stereocenters. The minimum Gasteiger partial charge on any atom is -0.383 e. The summed E-state index contributed by atoms with van der Waals surface area (Å²) in [6.07, 6.45) is 0. The van der Waals surface area contributed by atoms with E-state index < -0.39 is 0 Å². The van der Waals surface area contributed by atoms with Gasteiger partial charge in [-0.1, -0.05) is 63.7 Å². The third kappa shape index (κ3) is 4.86. The van der Waals surface area contributed by atoms with Crippen LogP contribution in [-0.2, 0) is 0 Å². The van der Waals surface area contributed by atoms with Crippen molar-refractivity contribution in [3.05, 3.63) is 48.5 Å². The first-order valence-corrected chi connectivity index (χ1v) is 8.60. The first kappa shape index (κ1) is 18.8. The lowest BCUT2D eigenvalue weighted by Crippen LogP contribution is -2.01. The summed E-state index contributed by atoms with van der Waals surface area (Å²) >= 11 is 1.64. The van der Waals surface area contributed by atoms with Crippen LogP contribution in [0.1, 0.15) is 27.7 Å². The molecule has 4 nitrogen and oxygen atoms in total. The van der Waals surface area contributed by atoms with Crippen molar-refractivity contribution in [1.82, 2.24) is 9.97 Å². The smallest absolute Gasteiger partial charge is 0.222 e. The Morgan fingerprint density at radius 3 is 2.09 bits per heavy atom. The Labute approximate surface area is 142 Å². The maximum absolute atomic E-state index is 5.97. The molecule has 0 saturated carbocycles. The highest BCUT2D eigenvalue weighted by Gasteiger charge is 2.09. The SMILES string of the molecule is CC.CC.Nc1nc(N)c2c(Sc3ccccc3)cccc2n1. The number of hydrogen-bond donors (Lipinski definition) is 2. The monoisotopic (exact) mass is 328 g/mol. The molecule has 1 heterocycles. The largest absolute Gasteiger partial charge is 0.383 e. The van der Waals surface area contributed by atoms with Crippen LogP contribution in [0.4, 0.5) is 11.8 Å². The Balaban J connectivity index is 0.000000615. The molecule has 0 unspecified atom stereocenters. The minimum absolute atomic E-state index is 0.201.